The predicted octanol–water partition coefficient (Wildman–Crippen LogP) is 5.09. The van der Waals surface area contributed by atoms with Crippen LogP contribution in [0, 0.1) is 11.8 Å². The van der Waals surface area contributed by atoms with Crippen LogP contribution in [-0.2, 0) is 9.53 Å². The molecule has 3 aromatic heterocycles. The van der Waals surface area contributed by atoms with E-state index in [9.17, 15) is 4.79 Å². The van der Waals surface area contributed by atoms with Crippen LogP contribution in [0.3, 0.4) is 0 Å². The van der Waals surface area contributed by atoms with E-state index in [0.717, 1.165) is 74.8 Å². The normalized spacial score (nSPS) is 24.6. The zero-order chi connectivity index (χ0) is 22.8. The number of aromatic nitrogens is 3. The molecule has 6 nitrogen and oxygen atoms in total. The first-order chi connectivity index (χ1) is 16.1. The highest BCUT2D eigenvalue weighted by molar-refractivity contribution is 6.05. The van der Waals surface area contributed by atoms with Crippen molar-refractivity contribution < 1.29 is 9.53 Å². The summed E-state index contributed by atoms with van der Waals surface area (Å²) in [6.45, 7) is 7.70. The zero-order valence-corrected chi connectivity index (χ0v) is 19.9. The highest BCUT2D eigenvalue weighted by Gasteiger charge is 2.30. The Morgan fingerprint density at radius 1 is 1.18 bits per heavy atom. The maximum atomic E-state index is 13.1. The minimum absolute atomic E-state index is 0.196. The molecule has 2 aliphatic rings. The Balaban J connectivity index is 1.20. The SMILES string of the molecule is CC(C)COC1CCCN(CC(=O)C2CCC(c3cc[nH]c4cnc5nccc5c34)CC2)C1. The molecule has 2 fully saturated rings. The third-order valence-corrected chi connectivity index (χ3v) is 7.45. The number of carbonyl (C=O) groups excluding carboxylic acids is 1. The van der Waals surface area contributed by atoms with Crippen molar-refractivity contribution in [3.63, 3.8) is 0 Å². The fourth-order valence-electron chi connectivity index (χ4n) is 5.72. The van der Waals surface area contributed by atoms with Crippen molar-refractivity contribution in [2.75, 3.05) is 26.2 Å². The molecule has 5 rings (SSSR count). The fourth-order valence-corrected chi connectivity index (χ4v) is 5.72. The minimum atomic E-state index is 0.196. The second-order valence-electron chi connectivity index (χ2n) is 10.4. The largest absolute Gasteiger partial charge is 0.377 e. The Kier molecular flexibility index (Phi) is 6.74. The number of ketones is 1. The van der Waals surface area contributed by atoms with Crippen LogP contribution >= 0.6 is 0 Å². The number of carbonyl (C=O) groups is 1. The van der Waals surface area contributed by atoms with Gasteiger partial charge in [0.05, 0.1) is 24.4 Å². The number of H-pyrrole nitrogens is 1. The third kappa shape index (κ3) is 4.97. The van der Waals surface area contributed by atoms with Crippen LogP contribution in [0.15, 0.2) is 30.7 Å². The summed E-state index contributed by atoms with van der Waals surface area (Å²) in [4.78, 5) is 27.7. The summed E-state index contributed by atoms with van der Waals surface area (Å²) in [6.07, 6.45) is 12.4. The number of nitrogens with one attached hydrogen (secondary N) is 1. The molecule has 176 valence electrons. The standard InChI is InChI=1S/C27H36N4O2/c1-18(2)17-33-21-4-3-13-31(15-21)16-25(32)20-7-5-19(6-8-20)22-9-11-28-24-14-30-27-23(26(22)24)10-12-29-27/h9-12,14,18-21,28H,3-8,13,15-17H2,1-2H3. The van der Waals surface area contributed by atoms with E-state index in [1.54, 1.807) is 0 Å². The van der Waals surface area contributed by atoms with Gasteiger partial charge in [-0.2, -0.15) is 0 Å². The van der Waals surface area contributed by atoms with Gasteiger partial charge in [-0.15, -0.1) is 0 Å². The molecule has 4 heterocycles. The number of hydrogen-bond acceptors (Lipinski definition) is 5. The van der Waals surface area contributed by atoms with Gasteiger partial charge in [0.2, 0.25) is 0 Å². The Morgan fingerprint density at radius 3 is 2.85 bits per heavy atom. The summed E-state index contributed by atoms with van der Waals surface area (Å²) < 4.78 is 6.06. The first-order valence-corrected chi connectivity index (χ1v) is 12.7. The van der Waals surface area contributed by atoms with Gasteiger partial charge in [0.15, 0.2) is 5.65 Å². The number of likely N-dealkylation sites (tertiary alicyclic amines) is 1. The summed E-state index contributed by atoms with van der Waals surface area (Å²) in [5.41, 5.74) is 3.24. The van der Waals surface area contributed by atoms with Crippen molar-refractivity contribution in [2.24, 2.45) is 11.8 Å². The van der Waals surface area contributed by atoms with E-state index in [2.05, 4.69) is 45.8 Å². The molecular formula is C27H36N4O2. The Hall–Kier alpha value is -2.31. The first kappa shape index (κ1) is 22.5. The lowest BCUT2D eigenvalue weighted by Crippen LogP contribution is -2.44. The van der Waals surface area contributed by atoms with Gasteiger partial charge >= 0.3 is 0 Å². The summed E-state index contributed by atoms with van der Waals surface area (Å²) in [7, 11) is 0. The summed E-state index contributed by atoms with van der Waals surface area (Å²) in [6, 6.07) is 4.28. The van der Waals surface area contributed by atoms with Gasteiger partial charge < -0.3 is 9.72 Å². The van der Waals surface area contributed by atoms with Crippen LogP contribution in [0.25, 0.3) is 21.9 Å². The number of piperidine rings is 1. The monoisotopic (exact) mass is 448 g/mol. The van der Waals surface area contributed by atoms with Crippen molar-refractivity contribution in [3.8, 4) is 0 Å². The van der Waals surface area contributed by atoms with Gasteiger partial charge in [0, 0.05) is 42.2 Å². The predicted molar refractivity (Wildman–Crippen MR) is 131 cm³/mol. The average Bonchev–Trinajstić information content (AvgIpc) is 3.32. The van der Waals surface area contributed by atoms with Gasteiger partial charge in [-0.1, -0.05) is 13.8 Å². The van der Waals surface area contributed by atoms with E-state index in [1.807, 2.05) is 18.6 Å². The molecule has 0 spiro atoms. The summed E-state index contributed by atoms with van der Waals surface area (Å²) >= 11 is 0. The molecule has 1 saturated carbocycles. The molecule has 0 aromatic carbocycles. The molecule has 1 unspecified atom stereocenters. The van der Waals surface area contributed by atoms with Gasteiger partial charge in [-0.25, -0.2) is 9.97 Å². The maximum absolute atomic E-state index is 13.1. The number of hydrogen-bond donors (Lipinski definition) is 1. The fraction of sp³-hybridized carbons (Fsp3) is 0.593. The van der Waals surface area contributed by atoms with Gasteiger partial charge in [-0.05, 0) is 74.6 Å². The molecule has 1 aliphatic heterocycles. The van der Waals surface area contributed by atoms with Crippen molar-refractivity contribution in [2.45, 2.75) is 64.4 Å². The zero-order valence-electron chi connectivity index (χ0n) is 19.9. The molecule has 1 atom stereocenters. The summed E-state index contributed by atoms with van der Waals surface area (Å²) in [5, 5.41) is 2.37. The van der Waals surface area contributed by atoms with Crippen LogP contribution in [-0.4, -0.2) is 58.0 Å². The minimum Gasteiger partial charge on any atom is -0.377 e. The van der Waals surface area contributed by atoms with Crippen LogP contribution in [0.5, 0.6) is 0 Å². The Morgan fingerprint density at radius 2 is 2.03 bits per heavy atom. The lowest BCUT2D eigenvalue weighted by molar-refractivity contribution is -0.126. The van der Waals surface area contributed by atoms with Crippen molar-refractivity contribution in [1.82, 2.24) is 19.9 Å². The van der Waals surface area contributed by atoms with Gasteiger partial charge in [0.25, 0.3) is 0 Å². The van der Waals surface area contributed by atoms with E-state index in [-0.39, 0.29) is 12.0 Å². The number of ether oxygens (including phenoxy) is 1. The molecule has 0 amide bonds. The van der Waals surface area contributed by atoms with Crippen molar-refractivity contribution >= 4 is 27.7 Å². The molecule has 0 radical (unpaired) electrons. The molecular weight excluding hydrogens is 412 g/mol. The highest BCUT2D eigenvalue weighted by atomic mass is 16.5. The number of Topliss-reactive ketones (excluding diaryl/α,β-unsaturated/α-hetero) is 1. The number of pyridine rings is 2. The second-order valence-corrected chi connectivity index (χ2v) is 10.4. The number of fused-ring (bicyclic) bond motifs is 3. The molecule has 1 N–H and O–H groups in total. The lowest BCUT2D eigenvalue weighted by atomic mass is 9.76. The topological polar surface area (TPSA) is 71.1 Å². The quantitative estimate of drug-likeness (QED) is 0.545. The van der Waals surface area contributed by atoms with Crippen LogP contribution in [0.4, 0.5) is 0 Å². The molecule has 1 saturated heterocycles. The highest BCUT2D eigenvalue weighted by Crippen LogP contribution is 2.40. The third-order valence-electron chi connectivity index (χ3n) is 7.45. The van der Waals surface area contributed by atoms with Crippen LogP contribution < -0.4 is 0 Å². The van der Waals surface area contributed by atoms with Gasteiger partial charge in [0.1, 0.15) is 5.78 Å². The number of nitrogens with zero attached hydrogens (tertiary/aromatic N) is 3. The molecule has 0 bridgehead atoms. The lowest BCUT2D eigenvalue weighted by Gasteiger charge is -2.34. The van der Waals surface area contributed by atoms with E-state index in [4.69, 9.17) is 4.74 Å². The number of rotatable bonds is 7. The Bertz CT molecular complexity index is 1100. The first-order valence-electron chi connectivity index (χ1n) is 12.7. The van der Waals surface area contributed by atoms with Crippen LogP contribution in [0.2, 0.25) is 0 Å². The maximum Gasteiger partial charge on any atom is 0.159 e. The van der Waals surface area contributed by atoms with Crippen LogP contribution in [0.1, 0.15) is 63.9 Å². The van der Waals surface area contributed by atoms with E-state index >= 15 is 0 Å². The molecule has 33 heavy (non-hydrogen) atoms. The van der Waals surface area contributed by atoms with Gasteiger partial charge in [-0.3, -0.25) is 9.69 Å². The number of aromatic amines is 1. The average molecular weight is 449 g/mol. The van der Waals surface area contributed by atoms with E-state index in [1.165, 1.54) is 10.9 Å². The Labute approximate surface area is 196 Å². The smallest absolute Gasteiger partial charge is 0.159 e. The molecule has 6 heteroatoms. The van der Waals surface area contributed by atoms with Crippen molar-refractivity contribution in [1.29, 1.82) is 0 Å². The summed E-state index contributed by atoms with van der Waals surface area (Å²) in [5.74, 6) is 1.66. The van der Waals surface area contributed by atoms with E-state index in [0.29, 0.717) is 24.2 Å². The molecule has 3 aromatic rings. The molecule has 1 aliphatic carbocycles. The van der Waals surface area contributed by atoms with E-state index < -0.39 is 0 Å². The van der Waals surface area contributed by atoms with Crippen molar-refractivity contribution in [3.05, 3.63) is 36.3 Å². The second kappa shape index (κ2) is 9.90.